The Morgan fingerprint density at radius 1 is 1.29 bits per heavy atom. The van der Waals surface area contributed by atoms with Crippen molar-refractivity contribution in [3.63, 3.8) is 0 Å². The van der Waals surface area contributed by atoms with Gasteiger partial charge in [-0.15, -0.1) is 0 Å². The second-order valence-electron chi connectivity index (χ2n) is 9.19. The molecule has 0 radical (unpaired) electrons. The molecule has 5 heterocycles. The van der Waals surface area contributed by atoms with Crippen molar-refractivity contribution in [2.75, 3.05) is 13.2 Å². The van der Waals surface area contributed by atoms with E-state index in [1.807, 2.05) is 0 Å². The van der Waals surface area contributed by atoms with Crippen molar-refractivity contribution in [3.05, 3.63) is 46.6 Å². The Hall–Kier alpha value is -3.63. The van der Waals surface area contributed by atoms with Gasteiger partial charge in [-0.05, 0) is 18.2 Å². The smallest absolute Gasteiger partial charge is 0.454 e. The molecule has 0 amide bonds. The molecule has 1 aromatic carbocycles. The number of nitrogens with zero attached hydrogens (tertiary/aromatic N) is 3. The highest BCUT2D eigenvalue weighted by molar-refractivity contribution is 6.33. The number of ether oxygens (including phenoxy) is 3. The number of pyridine rings is 1. The SMILES string of the molecule is Cn1cc(C(=O)C(F)(F)F)c2cc(-c3nc4c(C#N)c(O[C@@H]5COC6C5OC[C@H]6O)[nH]c4cc3Cl)ccc21. The lowest BCUT2D eigenvalue weighted by Gasteiger charge is -2.16. The fourth-order valence-electron chi connectivity index (χ4n) is 5.03. The number of rotatable bonds is 4. The van der Waals surface area contributed by atoms with E-state index >= 15 is 0 Å². The number of fused-ring (bicyclic) bond motifs is 3. The first kappa shape index (κ1) is 24.7. The number of aliphatic hydroxyl groups is 1. The van der Waals surface area contributed by atoms with Gasteiger partial charge >= 0.3 is 6.18 Å². The summed E-state index contributed by atoms with van der Waals surface area (Å²) in [5.74, 6) is -1.83. The summed E-state index contributed by atoms with van der Waals surface area (Å²) in [5.41, 5.74) is 1.24. The maximum atomic E-state index is 13.2. The van der Waals surface area contributed by atoms with Gasteiger partial charge in [-0.3, -0.25) is 4.79 Å². The van der Waals surface area contributed by atoms with Crippen molar-refractivity contribution in [1.29, 1.82) is 5.26 Å². The molecule has 13 heteroatoms. The fourth-order valence-corrected chi connectivity index (χ4v) is 5.29. The molecule has 0 bridgehead atoms. The fraction of sp³-hybridized carbons (Fsp3) is 0.320. The number of alkyl halides is 3. The van der Waals surface area contributed by atoms with Crippen LogP contribution in [0, 0.1) is 11.3 Å². The van der Waals surface area contributed by atoms with E-state index in [9.17, 15) is 28.3 Å². The first-order valence-corrected chi connectivity index (χ1v) is 11.9. The summed E-state index contributed by atoms with van der Waals surface area (Å²) in [7, 11) is 1.54. The Kier molecular flexibility index (Phi) is 5.66. The molecule has 2 N–H and O–H groups in total. The molecule has 2 unspecified atom stereocenters. The molecule has 9 nitrogen and oxygen atoms in total. The summed E-state index contributed by atoms with van der Waals surface area (Å²) in [6, 6.07) is 8.22. The van der Waals surface area contributed by atoms with E-state index in [0.29, 0.717) is 16.6 Å². The minimum atomic E-state index is -5.03. The van der Waals surface area contributed by atoms with Crippen molar-refractivity contribution in [3.8, 4) is 23.2 Å². The molecule has 0 spiro atoms. The lowest BCUT2D eigenvalue weighted by atomic mass is 10.0. The van der Waals surface area contributed by atoms with Crippen LogP contribution >= 0.6 is 11.6 Å². The van der Waals surface area contributed by atoms with Crippen LogP contribution in [0.4, 0.5) is 13.2 Å². The average molecular weight is 547 g/mol. The van der Waals surface area contributed by atoms with E-state index in [-0.39, 0.29) is 46.3 Å². The maximum Gasteiger partial charge on any atom is 0.454 e. The minimum Gasteiger partial charge on any atom is -0.469 e. The van der Waals surface area contributed by atoms with Crippen molar-refractivity contribution in [2.45, 2.75) is 30.6 Å². The summed E-state index contributed by atoms with van der Waals surface area (Å²) in [5, 5.41) is 20.1. The van der Waals surface area contributed by atoms with Crippen LogP contribution in [-0.2, 0) is 16.5 Å². The van der Waals surface area contributed by atoms with Crippen LogP contribution in [0.2, 0.25) is 5.02 Å². The Bertz CT molecular complexity index is 1660. The van der Waals surface area contributed by atoms with Crippen molar-refractivity contribution >= 4 is 39.3 Å². The number of aromatic amines is 1. The molecule has 38 heavy (non-hydrogen) atoms. The molecule has 4 atom stereocenters. The third kappa shape index (κ3) is 3.82. The summed E-state index contributed by atoms with van der Waals surface area (Å²) in [6.45, 7) is 0.275. The predicted molar refractivity (Wildman–Crippen MR) is 128 cm³/mol. The average Bonchev–Trinajstić information content (AvgIpc) is 3.61. The van der Waals surface area contributed by atoms with Gasteiger partial charge in [-0.1, -0.05) is 17.7 Å². The van der Waals surface area contributed by atoms with Gasteiger partial charge in [0.05, 0.1) is 35.0 Å². The topological polar surface area (TPSA) is 122 Å². The minimum absolute atomic E-state index is 0.0913. The standard InChI is InChI=1S/C25H18ClF3N4O5/c1-33-7-13(23(35)25(27,28)29)11-4-10(2-3-16(11)33)19-14(26)5-15-20(32-19)12(6-30)24(31-15)38-18-9-37-21-17(34)8-36-22(18)21/h2-5,7,17-18,21-22,31,34H,8-9H2,1H3/t17-,18-,21?,22?/m1/s1. The van der Waals surface area contributed by atoms with Gasteiger partial charge in [0.1, 0.15) is 35.5 Å². The van der Waals surface area contributed by atoms with Crippen molar-refractivity contribution < 1.29 is 37.3 Å². The van der Waals surface area contributed by atoms with Gasteiger partial charge in [0.15, 0.2) is 6.10 Å². The number of H-pyrrole nitrogens is 1. The number of halogens is 4. The Morgan fingerprint density at radius 2 is 2.05 bits per heavy atom. The van der Waals surface area contributed by atoms with Crippen molar-refractivity contribution in [1.82, 2.24) is 14.5 Å². The van der Waals surface area contributed by atoms with Crippen molar-refractivity contribution in [2.24, 2.45) is 7.05 Å². The van der Waals surface area contributed by atoms with Gasteiger partial charge in [0, 0.05) is 29.7 Å². The molecule has 3 aromatic heterocycles. The van der Waals surface area contributed by atoms with Crippen LogP contribution in [0.5, 0.6) is 5.88 Å². The largest absolute Gasteiger partial charge is 0.469 e. The number of Topliss-reactive ketones (excluding diaryl/α,β-unsaturated/α-hetero) is 1. The zero-order valence-electron chi connectivity index (χ0n) is 19.5. The van der Waals surface area contributed by atoms with Gasteiger partial charge in [-0.25, -0.2) is 4.98 Å². The Balaban J connectivity index is 1.41. The monoisotopic (exact) mass is 546 g/mol. The van der Waals surface area contributed by atoms with Gasteiger partial charge in [-0.2, -0.15) is 18.4 Å². The summed E-state index contributed by atoms with van der Waals surface area (Å²) in [6.07, 6.45) is -6.25. The number of aliphatic hydroxyl groups excluding tert-OH is 1. The third-order valence-corrected chi connectivity index (χ3v) is 7.10. The highest BCUT2D eigenvalue weighted by Crippen LogP contribution is 2.38. The molecule has 0 saturated carbocycles. The highest BCUT2D eigenvalue weighted by atomic mass is 35.5. The zero-order chi connectivity index (χ0) is 26.9. The molecule has 2 fully saturated rings. The lowest BCUT2D eigenvalue weighted by Crippen LogP contribution is -2.34. The highest BCUT2D eigenvalue weighted by Gasteiger charge is 2.49. The summed E-state index contributed by atoms with van der Waals surface area (Å²) < 4.78 is 58.1. The molecule has 4 aromatic rings. The van der Waals surface area contributed by atoms with Gasteiger partial charge < -0.3 is 28.9 Å². The van der Waals surface area contributed by atoms with E-state index in [2.05, 4.69) is 16.0 Å². The predicted octanol–water partition coefficient (Wildman–Crippen LogP) is 3.90. The first-order valence-electron chi connectivity index (χ1n) is 11.5. The molecule has 2 aliphatic heterocycles. The van der Waals surface area contributed by atoms with E-state index in [4.69, 9.17) is 25.8 Å². The molecule has 196 valence electrons. The molecule has 0 aliphatic carbocycles. The molecule has 2 saturated heterocycles. The number of nitriles is 1. The van der Waals surface area contributed by atoms with E-state index in [1.165, 1.54) is 16.7 Å². The van der Waals surface area contributed by atoms with Crippen LogP contribution in [-0.4, -0.2) is 69.2 Å². The number of ketones is 1. The second-order valence-corrected chi connectivity index (χ2v) is 9.60. The Labute approximate surface area is 217 Å². The number of aromatic nitrogens is 3. The number of benzene rings is 1. The van der Waals surface area contributed by atoms with Gasteiger partial charge in [0.2, 0.25) is 5.88 Å². The molecule has 6 rings (SSSR count). The van der Waals surface area contributed by atoms with Crippen LogP contribution in [0.1, 0.15) is 15.9 Å². The number of carbonyl (C=O) groups excluding carboxylic acids is 1. The summed E-state index contributed by atoms with van der Waals surface area (Å²) >= 11 is 6.51. The number of carbonyl (C=O) groups is 1. The number of nitrogens with one attached hydrogen (secondary N) is 1. The lowest BCUT2D eigenvalue weighted by molar-refractivity contribution is -0.0884. The van der Waals surface area contributed by atoms with E-state index in [0.717, 1.165) is 6.20 Å². The van der Waals surface area contributed by atoms with Crippen LogP contribution in [0.3, 0.4) is 0 Å². The molecule has 2 aliphatic rings. The van der Waals surface area contributed by atoms with E-state index in [1.54, 1.807) is 19.2 Å². The number of hydrogen-bond acceptors (Lipinski definition) is 7. The zero-order valence-corrected chi connectivity index (χ0v) is 20.3. The third-order valence-electron chi connectivity index (χ3n) is 6.82. The quantitative estimate of drug-likeness (QED) is 0.372. The number of hydrogen-bond donors (Lipinski definition) is 2. The normalized spacial score (nSPS) is 23.2. The van der Waals surface area contributed by atoms with Crippen LogP contribution in [0.25, 0.3) is 33.2 Å². The van der Waals surface area contributed by atoms with Crippen LogP contribution in [0.15, 0.2) is 30.5 Å². The maximum absolute atomic E-state index is 13.2. The first-order chi connectivity index (χ1) is 18.1. The Morgan fingerprint density at radius 3 is 2.79 bits per heavy atom. The van der Waals surface area contributed by atoms with Gasteiger partial charge in [0.25, 0.3) is 5.78 Å². The molecular weight excluding hydrogens is 529 g/mol. The second kappa shape index (κ2) is 8.71. The summed E-state index contributed by atoms with van der Waals surface area (Å²) in [4.78, 5) is 19.6. The number of aryl methyl sites for hydroxylation is 1. The molecular formula is C25H18ClF3N4O5. The van der Waals surface area contributed by atoms with E-state index < -0.39 is 41.9 Å². The van der Waals surface area contributed by atoms with Crippen LogP contribution < -0.4 is 4.74 Å².